The normalized spacial score (nSPS) is 10.2. The summed E-state index contributed by atoms with van der Waals surface area (Å²) >= 11 is 5.62. The van der Waals surface area contributed by atoms with Crippen LogP contribution in [0.2, 0.25) is 5.02 Å². The number of rotatable bonds is 5. The maximum absolute atomic E-state index is 13.6. The number of urea groups is 1. The Balaban J connectivity index is 2.75. The number of hydrogen-bond donors (Lipinski definition) is 2. The highest BCUT2D eigenvalue weighted by Gasteiger charge is 2.14. The smallest absolute Gasteiger partial charge is 0.322 e. The fourth-order valence-corrected chi connectivity index (χ4v) is 1.67. The summed E-state index contributed by atoms with van der Waals surface area (Å²) in [5.41, 5.74) is 0.0338. The van der Waals surface area contributed by atoms with E-state index in [1.165, 1.54) is 17.0 Å². The highest BCUT2D eigenvalue weighted by molar-refractivity contribution is 6.31. The lowest BCUT2D eigenvalue weighted by Gasteiger charge is -2.21. The van der Waals surface area contributed by atoms with Gasteiger partial charge < -0.3 is 15.3 Å². The summed E-state index contributed by atoms with van der Waals surface area (Å²) in [4.78, 5) is 13.3. The number of benzene rings is 1. The van der Waals surface area contributed by atoms with E-state index >= 15 is 0 Å². The van der Waals surface area contributed by atoms with E-state index in [0.29, 0.717) is 6.54 Å². The van der Waals surface area contributed by atoms with E-state index in [1.54, 1.807) is 6.07 Å². The van der Waals surface area contributed by atoms with E-state index in [0.717, 1.165) is 6.42 Å². The van der Waals surface area contributed by atoms with Crippen LogP contribution in [0.25, 0.3) is 0 Å². The SMILES string of the molecule is CCCN(CCO)C(=O)Nc1cccc(Cl)c1F. The fraction of sp³-hybridized carbons (Fsp3) is 0.417. The van der Waals surface area contributed by atoms with Crippen molar-refractivity contribution in [1.29, 1.82) is 0 Å². The van der Waals surface area contributed by atoms with Crippen LogP contribution >= 0.6 is 11.6 Å². The number of hydrogen-bond acceptors (Lipinski definition) is 2. The summed E-state index contributed by atoms with van der Waals surface area (Å²) in [6.07, 6.45) is 0.755. The van der Waals surface area contributed by atoms with Crippen LogP contribution in [0, 0.1) is 5.82 Å². The molecule has 0 aliphatic carbocycles. The monoisotopic (exact) mass is 274 g/mol. The van der Waals surface area contributed by atoms with Gasteiger partial charge in [0, 0.05) is 13.1 Å². The maximum atomic E-state index is 13.6. The number of aliphatic hydroxyl groups excluding tert-OH is 1. The Hall–Kier alpha value is -1.33. The summed E-state index contributed by atoms with van der Waals surface area (Å²) in [5, 5.41) is 11.3. The van der Waals surface area contributed by atoms with Crippen LogP contribution < -0.4 is 5.32 Å². The summed E-state index contributed by atoms with van der Waals surface area (Å²) in [6.45, 7) is 2.49. The topological polar surface area (TPSA) is 52.6 Å². The Morgan fingerprint density at radius 2 is 2.22 bits per heavy atom. The number of halogens is 2. The van der Waals surface area contributed by atoms with Crippen molar-refractivity contribution < 1.29 is 14.3 Å². The van der Waals surface area contributed by atoms with Gasteiger partial charge in [-0.3, -0.25) is 0 Å². The van der Waals surface area contributed by atoms with Crippen LogP contribution in [0.5, 0.6) is 0 Å². The zero-order valence-electron chi connectivity index (χ0n) is 10.1. The van der Waals surface area contributed by atoms with Gasteiger partial charge in [0.1, 0.15) is 0 Å². The Labute approximate surface area is 110 Å². The molecule has 6 heteroatoms. The number of amides is 2. The van der Waals surface area contributed by atoms with E-state index < -0.39 is 11.8 Å². The first-order chi connectivity index (χ1) is 8.60. The van der Waals surface area contributed by atoms with Crippen molar-refractivity contribution in [3.05, 3.63) is 29.0 Å². The third-order valence-corrected chi connectivity index (χ3v) is 2.64. The summed E-state index contributed by atoms with van der Waals surface area (Å²) in [5.74, 6) is -0.659. The molecule has 0 spiro atoms. The van der Waals surface area contributed by atoms with Crippen molar-refractivity contribution in [2.75, 3.05) is 25.0 Å². The highest BCUT2D eigenvalue weighted by atomic mass is 35.5. The molecule has 0 radical (unpaired) electrons. The number of nitrogens with one attached hydrogen (secondary N) is 1. The molecule has 100 valence electrons. The quantitative estimate of drug-likeness (QED) is 0.867. The molecule has 0 bridgehead atoms. The second-order valence-corrected chi connectivity index (χ2v) is 4.15. The molecule has 0 unspecified atom stereocenters. The van der Waals surface area contributed by atoms with Gasteiger partial charge in [0.2, 0.25) is 0 Å². The number of carbonyl (C=O) groups is 1. The lowest BCUT2D eigenvalue weighted by Crippen LogP contribution is -2.37. The lowest BCUT2D eigenvalue weighted by molar-refractivity contribution is 0.188. The van der Waals surface area contributed by atoms with Crippen LogP contribution in [0.1, 0.15) is 13.3 Å². The van der Waals surface area contributed by atoms with Gasteiger partial charge in [-0.1, -0.05) is 24.6 Å². The second kappa shape index (κ2) is 7.18. The number of anilines is 1. The highest BCUT2D eigenvalue weighted by Crippen LogP contribution is 2.22. The molecule has 18 heavy (non-hydrogen) atoms. The Morgan fingerprint density at radius 1 is 1.50 bits per heavy atom. The summed E-state index contributed by atoms with van der Waals surface area (Å²) in [7, 11) is 0. The van der Waals surface area contributed by atoms with Crippen molar-refractivity contribution in [2.24, 2.45) is 0 Å². The molecule has 1 rings (SSSR count). The minimum Gasteiger partial charge on any atom is -0.395 e. The maximum Gasteiger partial charge on any atom is 0.322 e. The molecule has 2 amide bonds. The first-order valence-electron chi connectivity index (χ1n) is 5.71. The zero-order chi connectivity index (χ0) is 13.5. The van der Waals surface area contributed by atoms with Crippen molar-refractivity contribution in [1.82, 2.24) is 4.90 Å². The average Bonchev–Trinajstić information content (AvgIpc) is 2.34. The largest absolute Gasteiger partial charge is 0.395 e. The minimum atomic E-state index is -0.659. The van der Waals surface area contributed by atoms with Crippen LogP contribution in [0.15, 0.2) is 18.2 Å². The molecule has 0 aromatic heterocycles. The Kier molecular flexibility index (Phi) is 5.88. The third kappa shape index (κ3) is 3.85. The molecule has 2 N–H and O–H groups in total. The molecule has 0 aliphatic rings. The molecule has 0 fully saturated rings. The molecule has 0 aliphatic heterocycles. The minimum absolute atomic E-state index is 0.0338. The van der Waals surface area contributed by atoms with Gasteiger partial charge in [-0.05, 0) is 18.6 Å². The van der Waals surface area contributed by atoms with Gasteiger partial charge in [0.15, 0.2) is 5.82 Å². The number of carbonyl (C=O) groups excluding carboxylic acids is 1. The van der Waals surface area contributed by atoms with Gasteiger partial charge in [-0.25, -0.2) is 9.18 Å². The molecular weight excluding hydrogens is 259 g/mol. The molecule has 0 saturated heterocycles. The molecule has 0 saturated carbocycles. The zero-order valence-corrected chi connectivity index (χ0v) is 10.9. The van der Waals surface area contributed by atoms with Gasteiger partial charge in [-0.15, -0.1) is 0 Å². The molecule has 0 heterocycles. The van der Waals surface area contributed by atoms with Crippen LogP contribution in [0.4, 0.5) is 14.9 Å². The predicted molar refractivity (Wildman–Crippen MR) is 69.4 cm³/mol. The Morgan fingerprint density at radius 3 is 2.83 bits per heavy atom. The standard InChI is InChI=1S/C12H16ClFN2O2/c1-2-6-16(7-8-17)12(18)15-10-5-3-4-9(13)11(10)14/h3-5,17H,2,6-8H2,1H3,(H,15,18). The molecule has 1 aromatic rings. The van der Waals surface area contributed by atoms with Crippen LogP contribution in [-0.2, 0) is 0 Å². The van der Waals surface area contributed by atoms with Gasteiger partial charge >= 0.3 is 6.03 Å². The first kappa shape index (κ1) is 14.7. The van der Waals surface area contributed by atoms with E-state index in [-0.39, 0.29) is 23.9 Å². The average molecular weight is 275 g/mol. The van der Waals surface area contributed by atoms with Gasteiger partial charge in [-0.2, -0.15) is 0 Å². The van der Waals surface area contributed by atoms with Crippen molar-refractivity contribution in [2.45, 2.75) is 13.3 Å². The van der Waals surface area contributed by atoms with E-state index in [1.807, 2.05) is 6.92 Å². The van der Waals surface area contributed by atoms with Gasteiger partial charge in [0.05, 0.1) is 17.3 Å². The summed E-state index contributed by atoms with van der Waals surface area (Å²) in [6, 6.07) is 3.94. The molecule has 1 aromatic carbocycles. The number of aliphatic hydroxyl groups is 1. The van der Waals surface area contributed by atoms with E-state index in [4.69, 9.17) is 16.7 Å². The molecule has 4 nitrogen and oxygen atoms in total. The number of nitrogens with zero attached hydrogens (tertiary/aromatic N) is 1. The van der Waals surface area contributed by atoms with Crippen LogP contribution in [0.3, 0.4) is 0 Å². The van der Waals surface area contributed by atoms with E-state index in [9.17, 15) is 9.18 Å². The van der Waals surface area contributed by atoms with Crippen molar-refractivity contribution in [3.8, 4) is 0 Å². The van der Waals surface area contributed by atoms with Crippen molar-refractivity contribution in [3.63, 3.8) is 0 Å². The summed E-state index contributed by atoms with van der Waals surface area (Å²) < 4.78 is 13.6. The van der Waals surface area contributed by atoms with Gasteiger partial charge in [0.25, 0.3) is 0 Å². The molecule has 0 atom stereocenters. The second-order valence-electron chi connectivity index (χ2n) is 3.74. The lowest BCUT2D eigenvalue weighted by atomic mass is 10.3. The Bertz CT molecular complexity index is 409. The van der Waals surface area contributed by atoms with Crippen molar-refractivity contribution >= 4 is 23.3 Å². The first-order valence-corrected chi connectivity index (χ1v) is 6.08. The van der Waals surface area contributed by atoms with Crippen LogP contribution in [-0.4, -0.2) is 35.7 Å². The third-order valence-electron chi connectivity index (χ3n) is 2.34. The molecular formula is C12H16ClFN2O2. The predicted octanol–water partition coefficient (Wildman–Crippen LogP) is 2.72. The fourth-order valence-electron chi connectivity index (χ4n) is 1.50. The van der Waals surface area contributed by atoms with E-state index in [2.05, 4.69) is 5.32 Å².